The van der Waals surface area contributed by atoms with E-state index in [4.69, 9.17) is 11.6 Å². The second-order valence-electron chi connectivity index (χ2n) is 3.89. The summed E-state index contributed by atoms with van der Waals surface area (Å²) in [7, 11) is 0. The van der Waals surface area contributed by atoms with E-state index in [1.165, 1.54) is 12.3 Å². The van der Waals surface area contributed by atoms with E-state index in [-0.39, 0.29) is 11.5 Å². The topological polar surface area (TPSA) is 68.1 Å². The second kappa shape index (κ2) is 5.54. The zero-order valence-electron chi connectivity index (χ0n) is 9.85. The fraction of sp³-hybridized carbons (Fsp3) is 0.0833. The van der Waals surface area contributed by atoms with Gasteiger partial charge in [-0.1, -0.05) is 17.7 Å². The molecule has 1 aromatic carbocycles. The molecule has 0 spiro atoms. The van der Waals surface area contributed by atoms with E-state index in [1.54, 1.807) is 12.1 Å². The van der Waals surface area contributed by atoms with E-state index in [2.05, 4.69) is 26.2 Å². The number of aryl methyl sites for hydroxylation is 1. The van der Waals surface area contributed by atoms with Gasteiger partial charge in [0, 0.05) is 16.7 Å². The molecule has 0 saturated carbocycles. The Morgan fingerprint density at radius 2 is 2.16 bits per heavy atom. The summed E-state index contributed by atoms with van der Waals surface area (Å²) in [6.45, 7) is 1.91. The lowest BCUT2D eigenvalue weighted by atomic mass is 10.2. The molecule has 0 unspecified atom stereocenters. The number of anilines is 2. The summed E-state index contributed by atoms with van der Waals surface area (Å²) in [6.07, 6.45) is 1.49. The highest BCUT2D eigenvalue weighted by Gasteiger charge is 2.16. The normalized spacial score (nSPS) is 10.3. The number of benzene rings is 1. The van der Waals surface area contributed by atoms with Crippen molar-refractivity contribution in [3.63, 3.8) is 0 Å². The number of aromatic nitrogens is 1. The van der Waals surface area contributed by atoms with Crippen molar-refractivity contribution in [3.8, 4) is 0 Å². The summed E-state index contributed by atoms with van der Waals surface area (Å²) in [5.41, 5.74) is 1.46. The minimum absolute atomic E-state index is 0.119. The molecule has 0 radical (unpaired) electrons. The Kier molecular flexibility index (Phi) is 4.01. The van der Waals surface area contributed by atoms with Gasteiger partial charge in [0.1, 0.15) is 0 Å². The van der Waals surface area contributed by atoms with E-state index in [9.17, 15) is 10.1 Å². The summed E-state index contributed by atoms with van der Waals surface area (Å²) >= 11 is 9.20. The van der Waals surface area contributed by atoms with Gasteiger partial charge in [0.25, 0.3) is 0 Å². The molecule has 7 heteroatoms. The van der Waals surface area contributed by atoms with Crippen molar-refractivity contribution in [2.24, 2.45) is 0 Å². The molecule has 1 heterocycles. The summed E-state index contributed by atoms with van der Waals surface area (Å²) < 4.78 is 0.542. The van der Waals surface area contributed by atoms with Gasteiger partial charge in [-0.2, -0.15) is 0 Å². The molecule has 5 nitrogen and oxygen atoms in total. The first-order valence-corrected chi connectivity index (χ1v) is 6.47. The van der Waals surface area contributed by atoms with Crippen molar-refractivity contribution in [1.29, 1.82) is 0 Å². The Morgan fingerprint density at radius 1 is 1.42 bits per heavy atom. The first-order chi connectivity index (χ1) is 8.97. The standard InChI is InChI=1S/C12H9BrClN3O2/c1-7-2-3-9(14)10(4-7)16-12-11(17(18)19)5-8(13)6-15-12/h2-6H,1H3,(H,15,16). The lowest BCUT2D eigenvalue weighted by Crippen LogP contribution is -2.00. The number of pyridine rings is 1. The molecule has 1 aromatic heterocycles. The number of hydrogen-bond donors (Lipinski definition) is 1. The number of rotatable bonds is 3. The van der Waals surface area contributed by atoms with Crippen molar-refractivity contribution in [2.75, 3.05) is 5.32 Å². The monoisotopic (exact) mass is 341 g/mol. The van der Waals surface area contributed by atoms with Gasteiger partial charge in [-0.25, -0.2) is 4.98 Å². The summed E-state index contributed by atoms with van der Waals surface area (Å²) in [5.74, 6) is 0.153. The molecule has 0 aliphatic heterocycles. The Hall–Kier alpha value is -1.66. The van der Waals surface area contributed by atoms with Crippen LogP contribution < -0.4 is 5.32 Å². The van der Waals surface area contributed by atoms with Gasteiger partial charge in [-0.05, 0) is 40.5 Å². The fourth-order valence-corrected chi connectivity index (χ4v) is 2.01. The third-order valence-electron chi connectivity index (χ3n) is 2.41. The van der Waals surface area contributed by atoms with Crippen LogP contribution in [0.3, 0.4) is 0 Å². The highest BCUT2D eigenvalue weighted by Crippen LogP contribution is 2.31. The maximum absolute atomic E-state index is 11.0. The molecule has 19 heavy (non-hydrogen) atoms. The van der Waals surface area contributed by atoms with Crippen LogP contribution in [0.5, 0.6) is 0 Å². The summed E-state index contributed by atoms with van der Waals surface area (Å²) in [6, 6.07) is 6.77. The van der Waals surface area contributed by atoms with Crippen LogP contribution in [-0.4, -0.2) is 9.91 Å². The van der Waals surface area contributed by atoms with E-state index in [0.29, 0.717) is 15.2 Å². The highest BCUT2D eigenvalue weighted by molar-refractivity contribution is 9.10. The van der Waals surface area contributed by atoms with Crippen LogP contribution in [0.4, 0.5) is 17.2 Å². The van der Waals surface area contributed by atoms with Crippen molar-refractivity contribution < 1.29 is 4.92 Å². The first-order valence-electron chi connectivity index (χ1n) is 5.30. The van der Waals surface area contributed by atoms with Crippen LogP contribution in [0.2, 0.25) is 5.02 Å². The molecule has 2 aromatic rings. The first kappa shape index (κ1) is 13.8. The van der Waals surface area contributed by atoms with Crippen molar-refractivity contribution in [1.82, 2.24) is 4.98 Å². The minimum atomic E-state index is -0.496. The smallest absolute Gasteiger partial charge is 0.312 e. The van der Waals surface area contributed by atoms with Crippen LogP contribution in [0.15, 0.2) is 34.9 Å². The lowest BCUT2D eigenvalue weighted by Gasteiger charge is -2.09. The van der Waals surface area contributed by atoms with E-state index < -0.39 is 4.92 Å². The molecule has 0 aliphatic carbocycles. The number of hydrogen-bond acceptors (Lipinski definition) is 4. The van der Waals surface area contributed by atoms with Gasteiger partial charge in [0.2, 0.25) is 5.82 Å². The van der Waals surface area contributed by atoms with Gasteiger partial charge in [-0.15, -0.1) is 0 Å². The lowest BCUT2D eigenvalue weighted by molar-refractivity contribution is -0.384. The van der Waals surface area contributed by atoms with Crippen LogP contribution in [0.1, 0.15) is 5.56 Å². The van der Waals surface area contributed by atoms with E-state index in [1.807, 2.05) is 13.0 Å². The molecule has 1 N–H and O–H groups in total. The molecule has 98 valence electrons. The van der Waals surface area contributed by atoms with E-state index >= 15 is 0 Å². The maximum Gasteiger partial charge on any atom is 0.312 e. The summed E-state index contributed by atoms with van der Waals surface area (Å²) in [4.78, 5) is 14.5. The van der Waals surface area contributed by atoms with Crippen LogP contribution >= 0.6 is 27.5 Å². The molecule has 0 aliphatic rings. The minimum Gasteiger partial charge on any atom is -0.333 e. The molecular weight excluding hydrogens is 334 g/mol. The molecule has 0 atom stereocenters. The molecule has 0 fully saturated rings. The van der Waals surface area contributed by atoms with Crippen LogP contribution in [0.25, 0.3) is 0 Å². The predicted molar refractivity (Wildman–Crippen MR) is 78.1 cm³/mol. The van der Waals surface area contributed by atoms with E-state index in [0.717, 1.165) is 5.56 Å². The zero-order chi connectivity index (χ0) is 14.0. The molecule has 0 amide bonds. The average Bonchev–Trinajstić information content (AvgIpc) is 2.35. The number of nitrogens with zero attached hydrogens (tertiary/aromatic N) is 2. The molecule has 2 rings (SSSR count). The van der Waals surface area contributed by atoms with Crippen molar-refractivity contribution in [3.05, 3.63) is 55.6 Å². The SMILES string of the molecule is Cc1ccc(Cl)c(Nc2ncc(Br)cc2[N+](=O)[O-])c1. The largest absolute Gasteiger partial charge is 0.333 e. The highest BCUT2D eigenvalue weighted by atomic mass is 79.9. The number of halogens is 2. The Bertz CT molecular complexity index is 649. The van der Waals surface area contributed by atoms with Gasteiger partial charge in [0.15, 0.2) is 0 Å². The van der Waals surface area contributed by atoms with Gasteiger partial charge in [0.05, 0.1) is 15.6 Å². The Morgan fingerprint density at radius 3 is 2.84 bits per heavy atom. The third-order valence-corrected chi connectivity index (χ3v) is 3.17. The van der Waals surface area contributed by atoms with Gasteiger partial charge >= 0.3 is 5.69 Å². The number of nitrogens with one attached hydrogen (secondary N) is 1. The van der Waals surface area contributed by atoms with Gasteiger partial charge in [-0.3, -0.25) is 10.1 Å². The van der Waals surface area contributed by atoms with Crippen molar-refractivity contribution in [2.45, 2.75) is 6.92 Å². The molecule has 0 saturated heterocycles. The Labute approximate surface area is 122 Å². The van der Waals surface area contributed by atoms with Crippen LogP contribution in [-0.2, 0) is 0 Å². The summed E-state index contributed by atoms with van der Waals surface area (Å²) in [5, 5.41) is 14.3. The molecular formula is C12H9BrClN3O2. The molecule has 0 bridgehead atoms. The second-order valence-corrected chi connectivity index (χ2v) is 5.21. The maximum atomic E-state index is 11.0. The Balaban J connectivity index is 2.43. The fourth-order valence-electron chi connectivity index (χ4n) is 1.53. The van der Waals surface area contributed by atoms with Crippen molar-refractivity contribution >= 4 is 44.7 Å². The van der Waals surface area contributed by atoms with Crippen LogP contribution in [0, 0.1) is 17.0 Å². The van der Waals surface area contributed by atoms with Gasteiger partial charge < -0.3 is 5.32 Å². The zero-order valence-corrected chi connectivity index (χ0v) is 12.2. The predicted octanol–water partition coefficient (Wildman–Crippen LogP) is 4.46. The average molecular weight is 343 g/mol. The number of nitro groups is 1. The third kappa shape index (κ3) is 3.21. The quantitative estimate of drug-likeness (QED) is 0.660.